The molecule has 11 rings (SSSR count). The van der Waals surface area contributed by atoms with Gasteiger partial charge in [0.1, 0.15) is 0 Å². The highest BCUT2D eigenvalue weighted by atomic mass is 31.1. The van der Waals surface area contributed by atoms with Gasteiger partial charge >= 0.3 is 0 Å². The van der Waals surface area contributed by atoms with E-state index in [4.69, 9.17) is 0 Å². The first-order valence-corrected chi connectivity index (χ1v) is 20.3. The van der Waals surface area contributed by atoms with Crippen molar-refractivity contribution < 1.29 is 0 Å². The van der Waals surface area contributed by atoms with E-state index < -0.39 is 7.53 Å². The predicted octanol–water partition coefficient (Wildman–Crippen LogP) is 15.6. The first-order chi connectivity index (χ1) is 26.6. The summed E-state index contributed by atoms with van der Waals surface area (Å²) >= 11 is 0. The largest absolute Gasteiger partial charge is 0.0772 e. The molecule has 0 saturated heterocycles. The predicted molar refractivity (Wildman–Crippen MR) is 234 cm³/mol. The number of rotatable bonds is 4. The maximum Gasteiger partial charge on any atom is 0.0159 e. The Kier molecular flexibility index (Phi) is 6.91. The molecule has 1 heterocycles. The Morgan fingerprint density at radius 3 is 1.67 bits per heavy atom. The molecule has 54 heavy (non-hydrogen) atoms. The van der Waals surface area contributed by atoms with E-state index in [9.17, 15) is 0 Å². The van der Waals surface area contributed by atoms with E-state index in [2.05, 4.69) is 202 Å². The molecule has 0 radical (unpaired) electrons. The molecule has 1 atom stereocenters. The molecule has 1 aromatic heterocycles. The summed E-state index contributed by atoms with van der Waals surface area (Å²) in [7, 11) is -0.616. The summed E-state index contributed by atoms with van der Waals surface area (Å²) in [5, 5.41) is 12.2. The highest BCUT2D eigenvalue weighted by Crippen LogP contribution is 2.56. The van der Waals surface area contributed by atoms with Crippen LogP contribution in [0.15, 0.2) is 188 Å². The van der Waals surface area contributed by atoms with E-state index in [0.29, 0.717) is 0 Å². The van der Waals surface area contributed by atoms with E-state index in [1.807, 2.05) is 0 Å². The maximum absolute atomic E-state index is 2.49. The molecule has 0 fully saturated rings. The third kappa shape index (κ3) is 4.57. The Balaban J connectivity index is 1.22. The smallest absolute Gasteiger partial charge is 0.0159 e. The lowest BCUT2D eigenvalue weighted by molar-refractivity contribution is 0.660. The Morgan fingerprint density at radius 2 is 0.870 bits per heavy atom. The third-order valence-corrected chi connectivity index (χ3v) is 14.5. The quantitative estimate of drug-likeness (QED) is 0.160. The molecule has 0 N–H and O–H groups in total. The fourth-order valence-corrected chi connectivity index (χ4v) is 12.1. The minimum Gasteiger partial charge on any atom is -0.0772 e. The molecule has 1 aliphatic rings. The van der Waals surface area contributed by atoms with Crippen LogP contribution in [-0.4, -0.2) is 0 Å². The van der Waals surface area contributed by atoms with Crippen molar-refractivity contribution in [2.45, 2.75) is 19.3 Å². The van der Waals surface area contributed by atoms with Gasteiger partial charge in [0.05, 0.1) is 0 Å². The molecule has 0 amide bonds. The average molecular weight is 705 g/mol. The normalized spacial score (nSPS) is 13.5. The molecule has 9 aromatic carbocycles. The van der Waals surface area contributed by atoms with Crippen LogP contribution in [0, 0.1) is 0 Å². The van der Waals surface area contributed by atoms with Crippen LogP contribution in [0.1, 0.15) is 25.0 Å². The van der Waals surface area contributed by atoms with Crippen molar-refractivity contribution in [3.8, 4) is 49.8 Å². The van der Waals surface area contributed by atoms with Crippen LogP contribution in [0.5, 0.6) is 0 Å². The first-order valence-electron chi connectivity index (χ1n) is 18.9. The zero-order valence-corrected chi connectivity index (χ0v) is 31.2. The van der Waals surface area contributed by atoms with Gasteiger partial charge in [0.15, 0.2) is 0 Å². The van der Waals surface area contributed by atoms with Crippen LogP contribution in [0.25, 0.3) is 92.4 Å². The summed E-state index contributed by atoms with van der Waals surface area (Å²) in [6, 6.07) is 70.7. The highest BCUT2D eigenvalue weighted by molar-refractivity contribution is 7.67. The molecular formula is C53H37P. The molecule has 0 aliphatic heterocycles. The van der Waals surface area contributed by atoms with Gasteiger partial charge in [0, 0.05) is 15.7 Å². The molecule has 1 unspecified atom stereocenters. The summed E-state index contributed by atoms with van der Waals surface area (Å²) in [4.78, 5) is 0. The van der Waals surface area contributed by atoms with E-state index in [1.54, 1.807) is 0 Å². The van der Waals surface area contributed by atoms with Crippen molar-refractivity contribution in [3.05, 3.63) is 199 Å². The topological polar surface area (TPSA) is 0 Å². The van der Waals surface area contributed by atoms with Crippen LogP contribution in [0.3, 0.4) is 0 Å². The average Bonchev–Trinajstić information content (AvgIpc) is 3.68. The minimum atomic E-state index is -0.616. The fourth-order valence-electron chi connectivity index (χ4n) is 9.45. The Hall–Kier alpha value is -6.20. The van der Waals surface area contributed by atoms with Crippen LogP contribution in [0.2, 0.25) is 0 Å². The van der Waals surface area contributed by atoms with E-state index in [0.717, 1.165) is 0 Å². The van der Waals surface area contributed by atoms with Gasteiger partial charge in [-0.15, -0.1) is 0 Å². The number of benzene rings is 9. The minimum absolute atomic E-state index is 0.0808. The van der Waals surface area contributed by atoms with Crippen LogP contribution in [-0.2, 0) is 5.41 Å². The van der Waals surface area contributed by atoms with Gasteiger partial charge < -0.3 is 0 Å². The fraction of sp³-hybridized carbons (Fsp3) is 0.0566. The van der Waals surface area contributed by atoms with Crippen LogP contribution in [0.4, 0.5) is 0 Å². The van der Waals surface area contributed by atoms with Crippen molar-refractivity contribution in [3.63, 3.8) is 0 Å². The SMILES string of the molecule is CC1(C)c2ccccc2-c2ccc(-c3c4ccccc4c(-c4ccc5c(c4)c4ccccc4p5-c4ccccc4)c4ccc(-c5ccccc5)cc34)cc21. The third-order valence-electron chi connectivity index (χ3n) is 12.0. The summed E-state index contributed by atoms with van der Waals surface area (Å²) in [5.74, 6) is 0. The second-order valence-electron chi connectivity index (χ2n) is 15.3. The van der Waals surface area contributed by atoms with Crippen molar-refractivity contribution >= 4 is 50.1 Å². The highest BCUT2D eigenvalue weighted by Gasteiger charge is 2.35. The van der Waals surface area contributed by atoms with Crippen molar-refractivity contribution in [2.24, 2.45) is 0 Å². The lowest BCUT2D eigenvalue weighted by Crippen LogP contribution is -2.14. The molecule has 1 aliphatic carbocycles. The van der Waals surface area contributed by atoms with Gasteiger partial charge in [0.2, 0.25) is 0 Å². The molecule has 0 saturated carbocycles. The Bertz CT molecular complexity index is 3110. The Morgan fingerprint density at radius 1 is 0.333 bits per heavy atom. The lowest BCUT2D eigenvalue weighted by Gasteiger charge is -2.23. The van der Waals surface area contributed by atoms with Crippen molar-refractivity contribution in [1.82, 2.24) is 0 Å². The Labute approximate surface area is 317 Å². The summed E-state index contributed by atoms with van der Waals surface area (Å²) in [6.45, 7) is 4.76. The molecule has 0 nitrogen and oxygen atoms in total. The zero-order valence-electron chi connectivity index (χ0n) is 30.3. The van der Waals surface area contributed by atoms with E-state index in [-0.39, 0.29) is 5.41 Å². The number of hydrogen-bond donors (Lipinski definition) is 0. The zero-order chi connectivity index (χ0) is 36.0. The van der Waals surface area contributed by atoms with E-state index in [1.165, 1.54) is 103 Å². The van der Waals surface area contributed by atoms with Gasteiger partial charge in [-0.2, -0.15) is 0 Å². The van der Waals surface area contributed by atoms with Crippen LogP contribution < -0.4 is 0 Å². The summed E-state index contributed by atoms with van der Waals surface area (Å²) < 4.78 is 0. The molecule has 10 aromatic rings. The van der Waals surface area contributed by atoms with Gasteiger partial charge in [-0.25, -0.2) is 0 Å². The van der Waals surface area contributed by atoms with E-state index >= 15 is 0 Å². The lowest BCUT2D eigenvalue weighted by atomic mass is 9.80. The second kappa shape index (κ2) is 11.9. The van der Waals surface area contributed by atoms with Gasteiger partial charge in [-0.1, -0.05) is 185 Å². The van der Waals surface area contributed by atoms with Gasteiger partial charge in [-0.3, -0.25) is 0 Å². The maximum atomic E-state index is 2.49. The van der Waals surface area contributed by atoms with Crippen molar-refractivity contribution in [1.29, 1.82) is 0 Å². The standard InChI is InChI=1S/C53H37P/c1-53(2)47-23-13-11-19-39(47)40-28-26-37(33-48(40)53)52-43-22-10-9-21-42(43)51(44-29-25-35(31-46(44)52)34-15-5-3-6-16-34)36-27-30-50-45(32-36)41-20-12-14-24-49(41)54(50)38-17-7-4-8-18-38/h3-33H,1-2H3. The molecule has 1 heteroatoms. The second-order valence-corrected chi connectivity index (χ2v) is 17.4. The molecule has 0 spiro atoms. The molecular weight excluding hydrogens is 668 g/mol. The summed E-state index contributed by atoms with van der Waals surface area (Å²) in [5.41, 5.74) is 13.0. The monoisotopic (exact) mass is 704 g/mol. The number of hydrogen-bond acceptors (Lipinski definition) is 0. The van der Waals surface area contributed by atoms with Gasteiger partial charge in [0.25, 0.3) is 0 Å². The molecule has 254 valence electrons. The number of fused-ring (bicyclic) bond motifs is 8. The molecule has 0 bridgehead atoms. The van der Waals surface area contributed by atoms with Gasteiger partial charge in [-0.05, 0) is 118 Å². The van der Waals surface area contributed by atoms with Crippen LogP contribution >= 0.6 is 7.53 Å². The summed E-state index contributed by atoms with van der Waals surface area (Å²) in [6.07, 6.45) is 0. The first kappa shape index (κ1) is 31.3. The van der Waals surface area contributed by atoms with Crippen molar-refractivity contribution in [2.75, 3.05) is 0 Å².